The molecule has 0 amide bonds. The molecule has 6 nitrogen and oxygen atoms in total. The van der Waals surface area contributed by atoms with Gasteiger partial charge in [-0.25, -0.2) is 0 Å². The van der Waals surface area contributed by atoms with E-state index in [4.69, 9.17) is 9.26 Å². The number of hydrogen-bond acceptors (Lipinski definition) is 6. The summed E-state index contributed by atoms with van der Waals surface area (Å²) in [6.07, 6.45) is 2.66. The van der Waals surface area contributed by atoms with E-state index >= 15 is 0 Å². The monoisotopic (exact) mass is 260 g/mol. The van der Waals surface area contributed by atoms with Crippen molar-refractivity contribution in [2.24, 2.45) is 0 Å². The second kappa shape index (κ2) is 5.46. The van der Waals surface area contributed by atoms with Gasteiger partial charge in [0.15, 0.2) is 0 Å². The lowest BCUT2D eigenvalue weighted by Crippen LogP contribution is -2.39. The van der Waals surface area contributed by atoms with Gasteiger partial charge in [0, 0.05) is 18.8 Å². The molecule has 100 valence electrons. The summed E-state index contributed by atoms with van der Waals surface area (Å²) in [6.45, 7) is 1.37. The molecule has 1 saturated heterocycles. The predicted molar refractivity (Wildman–Crippen MR) is 68.6 cm³/mol. The van der Waals surface area contributed by atoms with E-state index in [0.29, 0.717) is 24.4 Å². The van der Waals surface area contributed by atoms with Crippen LogP contribution in [0.4, 0.5) is 0 Å². The molecule has 0 radical (unpaired) electrons. The smallest absolute Gasteiger partial charge is 0.234 e. The van der Waals surface area contributed by atoms with E-state index in [1.807, 2.05) is 25.2 Å². The van der Waals surface area contributed by atoms with Gasteiger partial charge < -0.3 is 14.6 Å². The average Bonchev–Trinajstić information content (AvgIpc) is 2.98. The number of aromatic nitrogens is 3. The Balaban J connectivity index is 1.84. The van der Waals surface area contributed by atoms with Crippen molar-refractivity contribution >= 4 is 0 Å². The quantitative estimate of drug-likeness (QED) is 0.894. The lowest BCUT2D eigenvalue weighted by atomic mass is 9.96. The molecular formula is C13H16N4O2. The van der Waals surface area contributed by atoms with Crippen LogP contribution in [0.15, 0.2) is 28.9 Å². The van der Waals surface area contributed by atoms with E-state index in [1.54, 1.807) is 6.20 Å². The number of hydrogen-bond donors (Lipinski definition) is 1. The van der Waals surface area contributed by atoms with Crippen LogP contribution in [-0.2, 0) is 4.74 Å². The molecule has 6 heteroatoms. The van der Waals surface area contributed by atoms with Crippen LogP contribution >= 0.6 is 0 Å². The normalized spacial score (nSPS) is 23.4. The molecule has 2 aromatic heterocycles. The lowest BCUT2D eigenvalue weighted by Gasteiger charge is -2.28. The van der Waals surface area contributed by atoms with Gasteiger partial charge in [-0.2, -0.15) is 4.98 Å². The highest BCUT2D eigenvalue weighted by Crippen LogP contribution is 2.26. The molecule has 2 aromatic rings. The maximum Gasteiger partial charge on any atom is 0.234 e. The maximum atomic E-state index is 5.50. The van der Waals surface area contributed by atoms with Crippen LogP contribution in [0.5, 0.6) is 0 Å². The van der Waals surface area contributed by atoms with Crippen LogP contribution in [-0.4, -0.2) is 41.4 Å². The van der Waals surface area contributed by atoms with E-state index in [-0.39, 0.29) is 5.92 Å². The molecule has 1 fully saturated rings. The Kier molecular flexibility index (Phi) is 3.52. The summed E-state index contributed by atoms with van der Waals surface area (Å²) in [4.78, 5) is 8.66. The second-order valence-corrected chi connectivity index (χ2v) is 4.54. The zero-order valence-electron chi connectivity index (χ0n) is 10.7. The third kappa shape index (κ3) is 2.50. The van der Waals surface area contributed by atoms with Crippen LogP contribution in [0.3, 0.4) is 0 Å². The van der Waals surface area contributed by atoms with Gasteiger partial charge in [-0.15, -0.1) is 0 Å². The van der Waals surface area contributed by atoms with Gasteiger partial charge in [0.05, 0.1) is 12.5 Å². The van der Waals surface area contributed by atoms with E-state index in [2.05, 4.69) is 20.4 Å². The number of likely N-dealkylation sites (N-methyl/N-ethyl adjacent to an activating group) is 1. The fourth-order valence-corrected chi connectivity index (χ4v) is 2.31. The molecule has 3 rings (SSSR count). The highest BCUT2D eigenvalue weighted by Gasteiger charge is 2.30. The van der Waals surface area contributed by atoms with Gasteiger partial charge in [-0.3, -0.25) is 4.98 Å². The Morgan fingerprint density at radius 3 is 3.11 bits per heavy atom. The lowest BCUT2D eigenvalue weighted by molar-refractivity contribution is 0.0516. The van der Waals surface area contributed by atoms with E-state index in [0.717, 1.165) is 18.7 Å². The van der Waals surface area contributed by atoms with Gasteiger partial charge in [0.2, 0.25) is 11.7 Å². The molecule has 2 atom stereocenters. The molecular weight excluding hydrogens is 244 g/mol. The number of pyridine rings is 1. The number of nitrogens with one attached hydrogen (secondary N) is 1. The summed E-state index contributed by atoms with van der Waals surface area (Å²) < 4.78 is 10.9. The summed E-state index contributed by atoms with van der Waals surface area (Å²) in [6, 6.07) is 5.93. The highest BCUT2D eigenvalue weighted by molar-refractivity contribution is 5.47. The van der Waals surface area contributed by atoms with Gasteiger partial charge in [-0.1, -0.05) is 11.2 Å². The fourth-order valence-electron chi connectivity index (χ4n) is 2.31. The first-order valence-corrected chi connectivity index (χ1v) is 6.38. The molecule has 19 heavy (non-hydrogen) atoms. The minimum absolute atomic E-state index is 0.101. The summed E-state index contributed by atoms with van der Waals surface area (Å²) in [7, 11) is 1.94. The van der Waals surface area contributed by atoms with Crippen molar-refractivity contribution in [2.75, 3.05) is 20.3 Å². The molecule has 1 aliphatic heterocycles. The summed E-state index contributed by atoms with van der Waals surface area (Å²) in [5, 5.41) is 7.28. The van der Waals surface area contributed by atoms with E-state index in [1.165, 1.54) is 0 Å². The average molecular weight is 260 g/mol. The zero-order valence-corrected chi connectivity index (χ0v) is 10.7. The summed E-state index contributed by atoms with van der Waals surface area (Å²) >= 11 is 0. The van der Waals surface area contributed by atoms with Gasteiger partial charge in [0.1, 0.15) is 5.69 Å². The van der Waals surface area contributed by atoms with Crippen molar-refractivity contribution in [1.29, 1.82) is 0 Å². The minimum Gasteiger partial charge on any atom is -0.381 e. The molecule has 0 aromatic carbocycles. The third-order valence-electron chi connectivity index (χ3n) is 3.38. The first-order valence-electron chi connectivity index (χ1n) is 6.38. The fraction of sp³-hybridized carbons (Fsp3) is 0.462. The molecule has 0 spiro atoms. The molecule has 1 aliphatic rings. The molecule has 0 saturated carbocycles. The molecule has 3 heterocycles. The summed E-state index contributed by atoms with van der Waals surface area (Å²) in [5.74, 6) is 1.24. The van der Waals surface area contributed by atoms with Crippen molar-refractivity contribution in [1.82, 2.24) is 20.4 Å². The number of nitrogens with zero attached hydrogens (tertiary/aromatic N) is 3. The Labute approximate surface area is 111 Å². The van der Waals surface area contributed by atoms with Crippen LogP contribution in [0.2, 0.25) is 0 Å². The van der Waals surface area contributed by atoms with Crippen LogP contribution in [0.25, 0.3) is 11.5 Å². The molecule has 2 unspecified atom stereocenters. The first-order chi connectivity index (χ1) is 9.38. The third-order valence-corrected chi connectivity index (χ3v) is 3.38. The zero-order chi connectivity index (χ0) is 13.1. The van der Waals surface area contributed by atoms with Crippen LogP contribution in [0, 0.1) is 0 Å². The Hall–Kier alpha value is -1.79. The van der Waals surface area contributed by atoms with Crippen molar-refractivity contribution in [3.05, 3.63) is 30.3 Å². The molecule has 0 bridgehead atoms. The van der Waals surface area contributed by atoms with Crippen LogP contribution < -0.4 is 5.32 Å². The SMILES string of the molecule is CNC1CCOCC1c1nc(-c2ccccn2)no1. The number of ether oxygens (including phenoxy) is 1. The van der Waals surface area contributed by atoms with Crippen molar-refractivity contribution in [3.8, 4) is 11.5 Å². The Morgan fingerprint density at radius 1 is 1.37 bits per heavy atom. The first kappa shape index (κ1) is 12.3. The summed E-state index contributed by atoms with van der Waals surface area (Å²) in [5.41, 5.74) is 0.718. The largest absolute Gasteiger partial charge is 0.381 e. The van der Waals surface area contributed by atoms with Crippen molar-refractivity contribution in [2.45, 2.75) is 18.4 Å². The Morgan fingerprint density at radius 2 is 2.32 bits per heavy atom. The highest BCUT2D eigenvalue weighted by atomic mass is 16.5. The Bertz CT molecular complexity index is 528. The van der Waals surface area contributed by atoms with Crippen LogP contribution in [0.1, 0.15) is 18.2 Å². The van der Waals surface area contributed by atoms with Gasteiger partial charge in [0.25, 0.3) is 0 Å². The number of rotatable bonds is 3. The molecule has 1 N–H and O–H groups in total. The standard InChI is InChI=1S/C13H16N4O2/c1-14-10-5-7-18-8-9(10)13-16-12(17-19-13)11-4-2-3-6-15-11/h2-4,6,9-10,14H,5,7-8H2,1H3. The minimum atomic E-state index is 0.101. The maximum absolute atomic E-state index is 5.50. The van der Waals surface area contributed by atoms with Gasteiger partial charge >= 0.3 is 0 Å². The second-order valence-electron chi connectivity index (χ2n) is 4.54. The molecule has 0 aliphatic carbocycles. The van der Waals surface area contributed by atoms with E-state index < -0.39 is 0 Å². The van der Waals surface area contributed by atoms with Gasteiger partial charge in [-0.05, 0) is 25.6 Å². The topological polar surface area (TPSA) is 73.1 Å². The van der Waals surface area contributed by atoms with E-state index in [9.17, 15) is 0 Å². The van der Waals surface area contributed by atoms with Crippen molar-refractivity contribution in [3.63, 3.8) is 0 Å². The van der Waals surface area contributed by atoms with Crippen molar-refractivity contribution < 1.29 is 9.26 Å². The predicted octanol–water partition coefficient (Wildman–Crippen LogP) is 1.22.